The number of carbonyl (C=O) groups excluding carboxylic acids is 1. The minimum absolute atomic E-state index is 0.0845. The van der Waals surface area contributed by atoms with E-state index in [1.54, 1.807) is 31.2 Å². The molecule has 0 atom stereocenters. The molecular formula is C11H9N3O3. The van der Waals surface area contributed by atoms with Crippen LogP contribution >= 0.6 is 0 Å². The van der Waals surface area contributed by atoms with E-state index in [1.807, 2.05) is 0 Å². The number of benzene rings is 1. The molecule has 6 heteroatoms. The standard InChI is InChI=1S/C11H9N3O3/c1-8-6-9(7-15)13(12-8)10-4-2-3-5-11(10)14(16)17/h2-7H,1H3. The van der Waals surface area contributed by atoms with E-state index >= 15 is 0 Å². The number of nitro benzene ring substituents is 1. The highest BCUT2D eigenvalue weighted by Gasteiger charge is 2.17. The average Bonchev–Trinajstić information content (AvgIpc) is 2.70. The topological polar surface area (TPSA) is 78.0 Å². The lowest BCUT2D eigenvalue weighted by atomic mass is 10.2. The van der Waals surface area contributed by atoms with Gasteiger partial charge in [-0.2, -0.15) is 5.10 Å². The largest absolute Gasteiger partial charge is 0.296 e. The molecule has 17 heavy (non-hydrogen) atoms. The van der Waals surface area contributed by atoms with Crippen molar-refractivity contribution >= 4 is 12.0 Å². The molecular weight excluding hydrogens is 222 g/mol. The summed E-state index contributed by atoms with van der Waals surface area (Å²) in [4.78, 5) is 21.2. The quantitative estimate of drug-likeness (QED) is 0.459. The zero-order valence-electron chi connectivity index (χ0n) is 9.03. The van der Waals surface area contributed by atoms with Gasteiger partial charge in [-0.15, -0.1) is 0 Å². The molecule has 6 nitrogen and oxygen atoms in total. The number of hydrogen-bond acceptors (Lipinski definition) is 4. The number of hydrogen-bond donors (Lipinski definition) is 0. The fourth-order valence-electron chi connectivity index (χ4n) is 1.59. The number of para-hydroxylation sites is 2. The summed E-state index contributed by atoms with van der Waals surface area (Å²) in [5, 5.41) is 15.0. The molecule has 1 heterocycles. The molecule has 0 saturated heterocycles. The van der Waals surface area contributed by atoms with Crippen molar-refractivity contribution in [1.29, 1.82) is 0 Å². The maximum absolute atomic E-state index is 10.9. The van der Waals surface area contributed by atoms with Crippen LogP contribution < -0.4 is 0 Å². The molecule has 1 aromatic heterocycles. The Morgan fingerprint density at radius 1 is 1.41 bits per heavy atom. The Bertz CT molecular complexity index is 589. The van der Waals surface area contributed by atoms with Gasteiger partial charge < -0.3 is 0 Å². The van der Waals surface area contributed by atoms with Crippen molar-refractivity contribution in [2.45, 2.75) is 6.92 Å². The second-order valence-electron chi connectivity index (χ2n) is 3.49. The van der Waals surface area contributed by atoms with Gasteiger partial charge in [0, 0.05) is 6.07 Å². The van der Waals surface area contributed by atoms with E-state index in [1.165, 1.54) is 10.7 Å². The van der Waals surface area contributed by atoms with Crippen molar-refractivity contribution in [3.63, 3.8) is 0 Å². The van der Waals surface area contributed by atoms with Gasteiger partial charge in [-0.05, 0) is 19.1 Å². The molecule has 1 aromatic carbocycles. The third-order valence-corrected chi connectivity index (χ3v) is 2.29. The van der Waals surface area contributed by atoms with Crippen LogP contribution in [-0.4, -0.2) is 21.0 Å². The smallest absolute Gasteiger partial charge is 0.294 e. The maximum atomic E-state index is 10.9. The summed E-state index contributed by atoms with van der Waals surface area (Å²) in [5.74, 6) is 0. The number of rotatable bonds is 3. The van der Waals surface area contributed by atoms with Crippen molar-refractivity contribution in [1.82, 2.24) is 9.78 Å². The molecule has 2 aromatic rings. The third kappa shape index (κ3) is 1.92. The predicted molar refractivity (Wildman–Crippen MR) is 60.3 cm³/mol. The zero-order chi connectivity index (χ0) is 12.4. The van der Waals surface area contributed by atoms with Gasteiger partial charge in [-0.25, -0.2) is 4.68 Å². The Hall–Kier alpha value is -2.50. The summed E-state index contributed by atoms with van der Waals surface area (Å²) in [6.07, 6.45) is 0.622. The Kier molecular flexibility index (Phi) is 2.70. The predicted octanol–water partition coefficient (Wildman–Crippen LogP) is 1.90. The van der Waals surface area contributed by atoms with Crippen molar-refractivity contribution < 1.29 is 9.72 Å². The van der Waals surface area contributed by atoms with Gasteiger partial charge in [-0.1, -0.05) is 12.1 Å². The molecule has 2 rings (SSSR count). The van der Waals surface area contributed by atoms with E-state index in [0.717, 1.165) is 0 Å². The lowest BCUT2D eigenvalue weighted by molar-refractivity contribution is -0.384. The number of nitrogens with zero attached hydrogens (tertiary/aromatic N) is 3. The summed E-state index contributed by atoms with van der Waals surface area (Å²) in [6.45, 7) is 1.72. The molecule has 0 spiro atoms. The first-order valence-electron chi connectivity index (χ1n) is 4.89. The van der Waals surface area contributed by atoms with E-state index < -0.39 is 4.92 Å². The van der Waals surface area contributed by atoms with E-state index in [0.29, 0.717) is 12.0 Å². The monoisotopic (exact) mass is 231 g/mol. The SMILES string of the molecule is Cc1cc(C=O)n(-c2ccccc2[N+](=O)[O-])n1. The van der Waals surface area contributed by atoms with E-state index in [4.69, 9.17) is 0 Å². The van der Waals surface area contributed by atoms with Gasteiger partial charge in [0.2, 0.25) is 0 Å². The summed E-state index contributed by atoms with van der Waals surface area (Å²) >= 11 is 0. The van der Waals surface area contributed by atoms with Gasteiger partial charge in [-0.3, -0.25) is 14.9 Å². The molecule has 0 aliphatic rings. The molecule has 0 aliphatic carbocycles. The highest BCUT2D eigenvalue weighted by molar-refractivity contribution is 5.74. The van der Waals surface area contributed by atoms with Crippen molar-refractivity contribution in [2.75, 3.05) is 0 Å². The molecule has 0 N–H and O–H groups in total. The highest BCUT2D eigenvalue weighted by atomic mass is 16.6. The van der Waals surface area contributed by atoms with E-state index in [2.05, 4.69) is 5.10 Å². The molecule has 86 valence electrons. The van der Waals surface area contributed by atoms with Gasteiger partial charge >= 0.3 is 0 Å². The normalized spacial score (nSPS) is 10.2. The Morgan fingerprint density at radius 3 is 2.76 bits per heavy atom. The summed E-state index contributed by atoms with van der Waals surface area (Å²) < 4.78 is 1.28. The first-order chi connectivity index (χ1) is 8.13. The van der Waals surface area contributed by atoms with Crippen LogP contribution in [0.25, 0.3) is 5.69 Å². The summed E-state index contributed by atoms with van der Waals surface area (Å²) in [6, 6.07) is 7.73. The summed E-state index contributed by atoms with van der Waals surface area (Å²) in [7, 11) is 0. The first kappa shape index (κ1) is 11.0. The molecule has 0 saturated carbocycles. The van der Waals surface area contributed by atoms with E-state index in [9.17, 15) is 14.9 Å². The van der Waals surface area contributed by atoms with E-state index in [-0.39, 0.29) is 17.1 Å². The van der Waals surface area contributed by atoms with Gasteiger partial charge in [0.05, 0.1) is 10.6 Å². The van der Waals surface area contributed by atoms with Crippen LogP contribution in [0.1, 0.15) is 16.2 Å². The highest BCUT2D eigenvalue weighted by Crippen LogP contribution is 2.22. The lowest BCUT2D eigenvalue weighted by Crippen LogP contribution is -2.04. The van der Waals surface area contributed by atoms with Crippen LogP contribution in [0.4, 0.5) is 5.69 Å². The Morgan fingerprint density at radius 2 is 2.12 bits per heavy atom. The molecule has 0 unspecified atom stereocenters. The van der Waals surface area contributed by atoms with Crippen LogP contribution in [0.15, 0.2) is 30.3 Å². The number of carbonyl (C=O) groups is 1. The van der Waals surface area contributed by atoms with Gasteiger partial charge in [0.15, 0.2) is 6.29 Å². The molecule has 0 aliphatic heterocycles. The molecule has 0 bridgehead atoms. The Labute approximate surface area is 96.6 Å². The van der Waals surface area contributed by atoms with Gasteiger partial charge in [0.1, 0.15) is 11.4 Å². The fourth-order valence-corrected chi connectivity index (χ4v) is 1.59. The molecule has 0 fully saturated rings. The second kappa shape index (κ2) is 4.17. The fraction of sp³-hybridized carbons (Fsp3) is 0.0909. The molecule has 0 amide bonds. The minimum atomic E-state index is -0.499. The zero-order valence-corrected chi connectivity index (χ0v) is 9.03. The summed E-state index contributed by atoms with van der Waals surface area (Å²) in [5.41, 5.74) is 1.12. The van der Waals surface area contributed by atoms with Crippen molar-refractivity contribution in [3.8, 4) is 5.69 Å². The molecule has 0 radical (unpaired) electrons. The number of aldehydes is 1. The number of nitro groups is 1. The van der Waals surface area contributed by atoms with Crippen LogP contribution in [-0.2, 0) is 0 Å². The number of aromatic nitrogens is 2. The van der Waals surface area contributed by atoms with Gasteiger partial charge in [0.25, 0.3) is 5.69 Å². The second-order valence-corrected chi connectivity index (χ2v) is 3.49. The third-order valence-electron chi connectivity index (χ3n) is 2.29. The van der Waals surface area contributed by atoms with Crippen LogP contribution in [0.5, 0.6) is 0 Å². The maximum Gasteiger partial charge on any atom is 0.294 e. The van der Waals surface area contributed by atoms with Crippen LogP contribution in [0, 0.1) is 17.0 Å². The average molecular weight is 231 g/mol. The first-order valence-corrected chi connectivity index (χ1v) is 4.89. The van der Waals surface area contributed by atoms with Crippen LogP contribution in [0.2, 0.25) is 0 Å². The van der Waals surface area contributed by atoms with Crippen molar-refractivity contribution in [3.05, 3.63) is 51.8 Å². The van der Waals surface area contributed by atoms with Crippen molar-refractivity contribution in [2.24, 2.45) is 0 Å². The minimum Gasteiger partial charge on any atom is -0.296 e. The number of aryl methyl sites for hydroxylation is 1. The Balaban J connectivity index is 2.67. The lowest BCUT2D eigenvalue weighted by Gasteiger charge is -2.03. The van der Waals surface area contributed by atoms with Crippen LogP contribution in [0.3, 0.4) is 0 Å².